The molecule has 0 saturated carbocycles. The van der Waals surface area contributed by atoms with Gasteiger partial charge in [0.1, 0.15) is 5.76 Å². The third-order valence-electron chi connectivity index (χ3n) is 5.10. The lowest BCUT2D eigenvalue weighted by atomic mass is 9.77. The zero-order chi connectivity index (χ0) is 16.0. The van der Waals surface area contributed by atoms with Crippen LogP contribution in [0.3, 0.4) is 0 Å². The largest absolute Gasteiger partial charge is 0.445 e. The summed E-state index contributed by atoms with van der Waals surface area (Å²) in [7, 11) is 0. The summed E-state index contributed by atoms with van der Waals surface area (Å²) in [5, 5.41) is 0. The molecule has 2 aliphatic heterocycles. The predicted octanol–water partition coefficient (Wildman–Crippen LogP) is 2.39. The normalized spacial score (nSPS) is 19.5. The van der Waals surface area contributed by atoms with Crippen molar-refractivity contribution in [2.45, 2.75) is 32.4 Å². The highest BCUT2D eigenvalue weighted by Gasteiger charge is 2.54. The van der Waals surface area contributed by atoms with E-state index in [2.05, 4.69) is 34.1 Å². The Balaban J connectivity index is 1.41. The topological polar surface area (TPSA) is 49.6 Å². The molecule has 4 rings (SSSR count). The highest BCUT2D eigenvalue weighted by Crippen LogP contribution is 2.40. The third kappa shape index (κ3) is 2.36. The molecular formula is C18H21N3O2. The SMILES string of the molecule is Cc1nc(C(=O)N2CC3(CCN3Cc3ccccc3)C2)c(C)o1. The number of carbonyl (C=O) groups is 1. The Kier molecular flexibility index (Phi) is 3.27. The lowest BCUT2D eigenvalue weighted by molar-refractivity contribution is -0.112. The maximum atomic E-state index is 12.5. The van der Waals surface area contributed by atoms with Crippen LogP contribution >= 0.6 is 0 Å². The van der Waals surface area contributed by atoms with Crippen LogP contribution in [0, 0.1) is 13.8 Å². The van der Waals surface area contributed by atoms with Crippen LogP contribution in [0.1, 0.15) is 34.1 Å². The first-order valence-corrected chi connectivity index (χ1v) is 8.10. The van der Waals surface area contributed by atoms with Gasteiger partial charge in [-0.1, -0.05) is 30.3 Å². The fourth-order valence-electron chi connectivity index (χ4n) is 3.68. The number of carbonyl (C=O) groups excluding carboxylic acids is 1. The summed E-state index contributed by atoms with van der Waals surface area (Å²) in [6.07, 6.45) is 1.17. The molecule has 0 bridgehead atoms. The molecule has 5 heteroatoms. The highest BCUT2D eigenvalue weighted by atomic mass is 16.4. The monoisotopic (exact) mass is 311 g/mol. The molecule has 1 amide bonds. The fraction of sp³-hybridized carbons (Fsp3) is 0.444. The van der Waals surface area contributed by atoms with Crippen LogP contribution in [0.2, 0.25) is 0 Å². The van der Waals surface area contributed by atoms with Gasteiger partial charge in [0, 0.05) is 33.1 Å². The minimum absolute atomic E-state index is 0.00321. The Morgan fingerprint density at radius 2 is 2.00 bits per heavy atom. The number of hydrogen-bond acceptors (Lipinski definition) is 4. The number of oxazole rings is 1. The van der Waals surface area contributed by atoms with Crippen molar-refractivity contribution in [3.8, 4) is 0 Å². The molecule has 0 N–H and O–H groups in total. The van der Waals surface area contributed by atoms with Crippen LogP contribution in [0.5, 0.6) is 0 Å². The van der Waals surface area contributed by atoms with Gasteiger partial charge in [-0.15, -0.1) is 0 Å². The van der Waals surface area contributed by atoms with E-state index >= 15 is 0 Å². The zero-order valence-electron chi connectivity index (χ0n) is 13.6. The summed E-state index contributed by atoms with van der Waals surface area (Å²) in [5.74, 6) is 1.16. The standard InChI is InChI=1S/C18H21N3O2/c1-13-16(19-14(2)23-13)17(22)20-11-18(12-20)8-9-21(18)10-15-6-4-3-5-7-15/h3-7H,8-12H2,1-2H3. The van der Waals surface area contributed by atoms with E-state index in [-0.39, 0.29) is 11.4 Å². The molecule has 23 heavy (non-hydrogen) atoms. The summed E-state index contributed by atoms with van der Waals surface area (Å²) in [6.45, 7) is 7.24. The first-order chi connectivity index (χ1) is 11.1. The number of amides is 1. The Morgan fingerprint density at radius 1 is 1.26 bits per heavy atom. The van der Waals surface area contributed by atoms with Crippen molar-refractivity contribution in [3.05, 3.63) is 53.2 Å². The minimum Gasteiger partial charge on any atom is -0.445 e. The third-order valence-corrected chi connectivity index (χ3v) is 5.10. The van der Waals surface area contributed by atoms with Gasteiger partial charge in [0.15, 0.2) is 11.6 Å². The number of rotatable bonds is 3. The average molecular weight is 311 g/mol. The van der Waals surface area contributed by atoms with Crippen LogP contribution in [-0.2, 0) is 6.54 Å². The molecule has 2 saturated heterocycles. The van der Waals surface area contributed by atoms with E-state index in [9.17, 15) is 4.79 Å². The van der Waals surface area contributed by atoms with E-state index in [1.165, 1.54) is 12.0 Å². The molecular weight excluding hydrogens is 290 g/mol. The van der Waals surface area contributed by atoms with Crippen molar-refractivity contribution >= 4 is 5.91 Å². The van der Waals surface area contributed by atoms with Crippen LogP contribution in [0.4, 0.5) is 0 Å². The molecule has 0 aliphatic carbocycles. The van der Waals surface area contributed by atoms with E-state index in [4.69, 9.17) is 4.42 Å². The minimum atomic E-state index is -0.00321. The fourth-order valence-corrected chi connectivity index (χ4v) is 3.68. The van der Waals surface area contributed by atoms with Crippen LogP contribution in [-0.4, -0.2) is 45.9 Å². The molecule has 2 aliphatic rings. The first kappa shape index (κ1) is 14.5. The number of aryl methyl sites for hydroxylation is 2. The molecule has 1 spiro atoms. The molecule has 1 aromatic carbocycles. The molecule has 1 aromatic heterocycles. The zero-order valence-corrected chi connectivity index (χ0v) is 13.6. The van der Waals surface area contributed by atoms with Gasteiger partial charge in [0.05, 0.1) is 5.54 Å². The van der Waals surface area contributed by atoms with E-state index in [1.807, 2.05) is 11.0 Å². The first-order valence-electron chi connectivity index (χ1n) is 8.10. The number of hydrogen-bond donors (Lipinski definition) is 0. The van der Waals surface area contributed by atoms with Gasteiger partial charge in [-0.3, -0.25) is 9.69 Å². The maximum Gasteiger partial charge on any atom is 0.276 e. The second kappa shape index (κ2) is 5.20. The number of benzene rings is 1. The van der Waals surface area contributed by atoms with Crippen molar-refractivity contribution in [3.63, 3.8) is 0 Å². The summed E-state index contributed by atoms with van der Waals surface area (Å²) in [5.41, 5.74) is 1.98. The number of aromatic nitrogens is 1. The Labute approximate surface area is 135 Å². The van der Waals surface area contributed by atoms with Gasteiger partial charge in [0.2, 0.25) is 0 Å². The molecule has 0 atom stereocenters. The molecule has 2 aromatic rings. The van der Waals surface area contributed by atoms with Crippen molar-refractivity contribution in [1.29, 1.82) is 0 Å². The molecule has 5 nitrogen and oxygen atoms in total. The highest BCUT2D eigenvalue weighted by molar-refractivity contribution is 5.94. The van der Waals surface area contributed by atoms with Gasteiger partial charge < -0.3 is 9.32 Å². The lowest BCUT2D eigenvalue weighted by Gasteiger charge is -2.62. The van der Waals surface area contributed by atoms with Crippen LogP contribution < -0.4 is 0 Å². The Hall–Kier alpha value is -2.14. The second-order valence-corrected chi connectivity index (χ2v) is 6.68. The smallest absolute Gasteiger partial charge is 0.276 e. The number of nitrogens with zero attached hydrogens (tertiary/aromatic N) is 3. The molecule has 0 unspecified atom stereocenters. The lowest BCUT2D eigenvalue weighted by Crippen LogP contribution is -2.77. The van der Waals surface area contributed by atoms with Gasteiger partial charge in [-0.2, -0.15) is 0 Å². The summed E-state index contributed by atoms with van der Waals surface area (Å²) in [4.78, 5) is 21.1. The molecule has 0 radical (unpaired) electrons. The van der Waals surface area contributed by atoms with Gasteiger partial charge in [0.25, 0.3) is 5.91 Å². The van der Waals surface area contributed by atoms with Gasteiger partial charge in [-0.25, -0.2) is 4.98 Å². The van der Waals surface area contributed by atoms with E-state index in [1.54, 1.807) is 13.8 Å². The van der Waals surface area contributed by atoms with E-state index in [0.717, 1.165) is 26.2 Å². The Morgan fingerprint density at radius 3 is 2.57 bits per heavy atom. The average Bonchev–Trinajstić information content (AvgIpc) is 2.82. The molecule has 2 fully saturated rings. The molecule has 3 heterocycles. The van der Waals surface area contributed by atoms with Crippen molar-refractivity contribution < 1.29 is 9.21 Å². The van der Waals surface area contributed by atoms with E-state index in [0.29, 0.717) is 17.3 Å². The van der Waals surface area contributed by atoms with Gasteiger partial charge in [-0.05, 0) is 18.9 Å². The summed E-state index contributed by atoms with van der Waals surface area (Å²) < 4.78 is 5.38. The van der Waals surface area contributed by atoms with Gasteiger partial charge >= 0.3 is 0 Å². The van der Waals surface area contributed by atoms with Crippen molar-refractivity contribution in [2.75, 3.05) is 19.6 Å². The Bertz CT molecular complexity index is 732. The predicted molar refractivity (Wildman–Crippen MR) is 86.1 cm³/mol. The quantitative estimate of drug-likeness (QED) is 0.873. The summed E-state index contributed by atoms with van der Waals surface area (Å²) in [6, 6.07) is 10.5. The van der Waals surface area contributed by atoms with Crippen molar-refractivity contribution in [2.24, 2.45) is 0 Å². The van der Waals surface area contributed by atoms with Crippen molar-refractivity contribution in [1.82, 2.24) is 14.8 Å². The van der Waals surface area contributed by atoms with E-state index < -0.39 is 0 Å². The number of likely N-dealkylation sites (tertiary alicyclic amines) is 2. The van der Waals surface area contributed by atoms with Crippen LogP contribution in [0.15, 0.2) is 34.7 Å². The van der Waals surface area contributed by atoms with Crippen LogP contribution in [0.25, 0.3) is 0 Å². The summed E-state index contributed by atoms with van der Waals surface area (Å²) >= 11 is 0. The maximum absolute atomic E-state index is 12.5. The molecule has 120 valence electrons. The second-order valence-electron chi connectivity index (χ2n) is 6.68.